The Bertz CT molecular complexity index is 587. The number of benzene rings is 1. The van der Waals surface area contributed by atoms with Crippen molar-refractivity contribution in [3.63, 3.8) is 0 Å². The van der Waals surface area contributed by atoms with Crippen molar-refractivity contribution in [2.75, 3.05) is 11.4 Å². The number of nitrogens with one attached hydrogen (secondary N) is 1. The predicted octanol–water partition coefficient (Wildman–Crippen LogP) is 2.59. The van der Waals surface area contributed by atoms with Crippen LogP contribution in [0.25, 0.3) is 10.9 Å². The van der Waals surface area contributed by atoms with Gasteiger partial charge in [-0.2, -0.15) is 0 Å². The minimum atomic E-state index is 0.616. The molecule has 0 unspecified atom stereocenters. The summed E-state index contributed by atoms with van der Waals surface area (Å²) in [6.07, 6.45) is 3.70. The highest BCUT2D eigenvalue weighted by Gasteiger charge is 2.12. The predicted molar refractivity (Wildman–Crippen MR) is 66.0 cm³/mol. The highest BCUT2D eigenvalue weighted by atomic mass is 15.2. The highest BCUT2D eigenvalue weighted by molar-refractivity contribution is 5.99. The molecule has 0 atom stereocenters. The van der Waals surface area contributed by atoms with Crippen LogP contribution in [0.3, 0.4) is 0 Å². The molecule has 2 aromatic rings. The van der Waals surface area contributed by atoms with Crippen molar-refractivity contribution in [2.24, 2.45) is 0 Å². The van der Waals surface area contributed by atoms with Gasteiger partial charge in [0.15, 0.2) is 0 Å². The zero-order chi connectivity index (χ0) is 11.0. The third-order valence-corrected chi connectivity index (χ3v) is 2.67. The minimum absolute atomic E-state index is 0.616. The van der Waals surface area contributed by atoms with Gasteiger partial charge in [0, 0.05) is 11.6 Å². The van der Waals surface area contributed by atoms with E-state index in [2.05, 4.69) is 11.1 Å². The first-order chi connectivity index (χ1) is 7.83. The van der Waals surface area contributed by atoms with Crippen LogP contribution in [-0.4, -0.2) is 17.2 Å². The third kappa shape index (κ3) is 1.46. The molecule has 0 bridgehead atoms. The summed E-state index contributed by atoms with van der Waals surface area (Å²) in [4.78, 5) is 6.55. The lowest BCUT2D eigenvalue weighted by atomic mass is 10.2. The number of para-hydroxylation sites is 1. The van der Waals surface area contributed by atoms with Crippen molar-refractivity contribution in [1.82, 2.24) is 4.98 Å². The molecule has 0 amide bonds. The second-order valence-electron chi connectivity index (χ2n) is 3.83. The molecule has 0 saturated carbocycles. The van der Waals surface area contributed by atoms with Gasteiger partial charge in [-0.05, 0) is 24.3 Å². The Morgan fingerprint density at radius 3 is 2.81 bits per heavy atom. The van der Waals surface area contributed by atoms with Gasteiger partial charge in [-0.25, -0.2) is 4.98 Å². The van der Waals surface area contributed by atoms with Crippen LogP contribution in [0.1, 0.15) is 0 Å². The fourth-order valence-electron chi connectivity index (χ4n) is 1.84. The SMILES string of the molecule is N=C1C=CN(c2ccc3ccccc3n2)C1. The molecule has 1 aliphatic rings. The zero-order valence-electron chi connectivity index (χ0n) is 8.72. The molecule has 3 rings (SSSR count). The van der Waals surface area contributed by atoms with Crippen LogP contribution in [0.4, 0.5) is 5.82 Å². The second kappa shape index (κ2) is 3.45. The number of anilines is 1. The number of pyridine rings is 1. The number of hydrogen-bond acceptors (Lipinski definition) is 3. The summed E-state index contributed by atoms with van der Waals surface area (Å²) in [5, 5.41) is 8.68. The van der Waals surface area contributed by atoms with Crippen molar-refractivity contribution in [2.45, 2.75) is 0 Å². The maximum atomic E-state index is 7.54. The van der Waals surface area contributed by atoms with Crippen molar-refractivity contribution in [3.05, 3.63) is 48.7 Å². The lowest BCUT2D eigenvalue weighted by Gasteiger charge is -2.14. The Balaban J connectivity index is 2.05. The molecule has 78 valence electrons. The van der Waals surface area contributed by atoms with Crippen molar-refractivity contribution < 1.29 is 0 Å². The highest BCUT2D eigenvalue weighted by Crippen LogP contribution is 2.19. The van der Waals surface area contributed by atoms with Gasteiger partial charge in [0.2, 0.25) is 0 Å². The van der Waals surface area contributed by atoms with Gasteiger partial charge in [-0.1, -0.05) is 18.2 Å². The van der Waals surface area contributed by atoms with Crippen molar-refractivity contribution in [3.8, 4) is 0 Å². The van der Waals surface area contributed by atoms with E-state index < -0.39 is 0 Å². The standard InChI is InChI=1S/C13H11N3/c14-11-7-8-16(9-11)13-6-5-10-3-1-2-4-12(10)15-13/h1-8,14H,9H2. The van der Waals surface area contributed by atoms with Gasteiger partial charge >= 0.3 is 0 Å². The van der Waals surface area contributed by atoms with E-state index in [1.54, 1.807) is 6.08 Å². The van der Waals surface area contributed by atoms with E-state index in [9.17, 15) is 0 Å². The van der Waals surface area contributed by atoms with Crippen LogP contribution < -0.4 is 4.90 Å². The van der Waals surface area contributed by atoms with E-state index in [1.807, 2.05) is 41.4 Å². The van der Waals surface area contributed by atoms with Gasteiger partial charge in [0.25, 0.3) is 0 Å². The van der Waals surface area contributed by atoms with Crippen molar-refractivity contribution >= 4 is 22.4 Å². The molecular weight excluding hydrogens is 198 g/mol. The molecule has 3 heteroatoms. The quantitative estimate of drug-likeness (QED) is 0.784. The molecule has 1 N–H and O–H groups in total. The van der Waals surface area contributed by atoms with E-state index in [1.165, 1.54) is 0 Å². The summed E-state index contributed by atoms with van der Waals surface area (Å²) < 4.78 is 0. The van der Waals surface area contributed by atoms with Gasteiger partial charge in [0.1, 0.15) is 5.82 Å². The maximum absolute atomic E-state index is 7.54. The first-order valence-corrected chi connectivity index (χ1v) is 5.21. The molecule has 0 aliphatic carbocycles. The number of hydrogen-bond donors (Lipinski definition) is 1. The van der Waals surface area contributed by atoms with E-state index in [0.29, 0.717) is 12.3 Å². The molecule has 1 aromatic carbocycles. The number of nitrogens with zero attached hydrogens (tertiary/aromatic N) is 2. The Kier molecular flexibility index (Phi) is 1.96. The van der Waals surface area contributed by atoms with E-state index >= 15 is 0 Å². The first kappa shape index (κ1) is 9.09. The zero-order valence-corrected chi connectivity index (χ0v) is 8.72. The van der Waals surface area contributed by atoms with Gasteiger partial charge in [0.05, 0.1) is 17.8 Å². The van der Waals surface area contributed by atoms with Crippen molar-refractivity contribution in [1.29, 1.82) is 5.41 Å². The first-order valence-electron chi connectivity index (χ1n) is 5.21. The minimum Gasteiger partial charge on any atom is -0.327 e. The number of rotatable bonds is 1. The molecule has 3 nitrogen and oxygen atoms in total. The van der Waals surface area contributed by atoms with E-state index in [4.69, 9.17) is 5.41 Å². The molecule has 0 radical (unpaired) electrons. The summed E-state index contributed by atoms with van der Waals surface area (Å²) >= 11 is 0. The summed E-state index contributed by atoms with van der Waals surface area (Å²) in [5.41, 5.74) is 1.61. The average Bonchev–Trinajstić information content (AvgIpc) is 2.75. The smallest absolute Gasteiger partial charge is 0.133 e. The molecule has 0 spiro atoms. The molecule has 16 heavy (non-hydrogen) atoms. The normalized spacial score (nSPS) is 15.0. The van der Waals surface area contributed by atoms with Crippen LogP contribution in [-0.2, 0) is 0 Å². The van der Waals surface area contributed by atoms with Gasteiger partial charge < -0.3 is 10.3 Å². The lowest BCUT2D eigenvalue weighted by Crippen LogP contribution is -2.17. The van der Waals surface area contributed by atoms with E-state index in [-0.39, 0.29) is 0 Å². The fraction of sp³-hybridized carbons (Fsp3) is 0.0769. The molecule has 0 fully saturated rings. The average molecular weight is 209 g/mol. The molecule has 2 heterocycles. The topological polar surface area (TPSA) is 40.0 Å². The Morgan fingerprint density at radius 2 is 2.00 bits per heavy atom. The third-order valence-electron chi connectivity index (χ3n) is 2.67. The fourth-order valence-corrected chi connectivity index (χ4v) is 1.84. The Hall–Kier alpha value is -2.16. The summed E-state index contributed by atoms with van der Waals surface area (Å²) in [6, 6.07) is 12.1. The lowest BCUT2D eigenvalue weighted by molar-refractivity contribution is 1.10. The second-order valence-corrected chi connectivity index (χ2v) is 3.83. The van der Waals surface area contributed by atoms with Gasteiger partial charge in [-0.15, -0.1) is 0 Å². The van der Waals surface area contributed by atoms with Crippen LogP contribution in [0, 0.1) is 5.41 Å². The molecule has 0 saturated heterocycles. The van der Waals surface area contributed by atoms with E-state index in [0.717, 1.165) is 16.7 Å². The van der Waals surface area contributed by atoms with Gasteiger partial charge in [-0.3, -0.25) is 0 Å². The van der Waals surface area contributed by atoms with Crippen LogP contribution >= 0.6 is 0 Å². The number of aromatic nitrogens is 1. The maximum Gasteiger partial charge on any atom is 0.133 e. The van der Waals surface area contributed by atoms with Crippen LogP contribution in [0.15, 0.2) is 48.7 Å². The largest absolute Gasteiger partial charge is 0.327 e. The van der Waals surface area contributed by atoms with Crippen LogP contribution in [0.2, 0.25) is 0 Å². The monoisotopic (exact) mass is 209 g/mol. The summed E-state index contributed by atoms with van der Waals surface area (Å²) in [6.45, 7) is 0.616. The molecule has 1 aliphatic heterocycles. The molecular formula is C13H11N3. The van der Waals surface area contributed by atoms with Crippen LogP contribution in [0.5, 0.6) is 0 Å². The summed E-state index contributed by atoms with van der Waals surface area (Å²) in [5.74, 6) is 0.900. The Morgan fingerprint density at radius 1 is 1.12 bits per heavy atom. The number of fused-ring (bicyclic) bond motifs is 1. The molecule has 1 aromatic heterocycles. The summed E-state index contributed by atoms with van der Waals surface area (Å²) in [7, 11) is 0. The Labute approximate surface area is 93.5 Å².